The number of aromatic nitrogens is 1. The Bertz CT molecular complexity index is 932. The molecule has 1 aliphatic heterocycles. The van der Waals surface area contributed by atoms with Crippen LogP contribution in [0.3, 0.4) is 0 Å². The Labute approximate surface area is 165 Å². The first-order chi connectivity index (χ1) is 13.7. The zero-order valence-electron chi connectivity index (χ0n) is 14.9. The molecular formula is C20H19FN2O4S. The Hall–Kier alpha value is -2.68. The van der Waals surface area contributed by atoms with Crippen LogP contribution in [0, 0.1) is 5.82 Å². The normalized spacial score (nSPS) is 13.5. The summed E-state index contributed by atoms with van der Waals surface area (Å²) in [6, 6.07) is 11.6. The van der Waals surface area contributed by atoms with Gasteiger partial charge in [-0.3, -0.25) is 0 Å². The molecule has 8 heteroatoms. The van der Waals surface area contributed by atoms with Gasteiger partial charge in [0, 0.05) is 30.1 Å². The second kappa shape index (κ2) is 8.55. The first-order valence-corrected chi connectivity index (χ1v) is 9.67. The number of hydrogen-bond donors (Lipinski definition) is 2. The maximum Gasteiger partial charge on any atom is 0.231 e. The van der Waals surface area contributed by atoms with E-state index in [0.29, 0.717) is 30.3 Å². The van der Waals surface area contributed by atoms with Crippen LogP contribution in [-0.4, -0.2) is 36.1 Å². The number of nitrogens with one attached hydrogen (secondary N) is 1. The topological polar surface area (TPSA) is 72.8 Å². The van der Waals surface area contributed by atoms with E-state index in [1.54, 1.807) is 30.3 Å². The molecule has 28 heavy (non-hydrogen) atoms. The van der Waals surface area contributed by atoms with E-state index in [1.165, 1.54) is 23.5 Å². The standard InChI is InChI=1S/C20H19FN2O4S/c21-14-3-1-13(2-4-14)20-23-15(11-28-20)8-22-9-16(24)10-25-17-5-6-18-19(7-17)27-12-26-18/h1-7,11,16,22,24H,8-10,12H2. The number of nitrogens with zero attached hydrogens (tertiary/aromatic N) is 1. The molecule has 0 saturated carbocycles. The van der Waals surface area contributed by atoms with E-state index in [9.17, 15) is 9.50 Å². The lowest BCUT2D eigenvalue weighted by atomic mass is 10.2. The van der Waals surface area contributed by atoms with E-state index in [2.05, 4.69) is 10.3 Å². The highest BCUT2D eigenvalue weighted by molar-refractivity contribution is 7.13. The second-order valence-corrected chi connectivity index (χ2v) is 7.12. The van der Waals surface area contributed by atoms with Gasteiger partial charge in [0.15, 0.2) is 11.5 Å². The second-order valence-electron chi connectivity index (χ2n) is 6.26. The first kappa shape index (κ1) is 18.7. The van der Waals surface area contributed by atoms with Crippen LogP contribution in [0.1, 0.15) is 5.69 Å². The van der Waals surface area contributed by atoms with Crippen LogP contribution in [-0.2, 0) is 6.54 Å². The van der Waals surface area contributed by atoms with Crippen molar-refractivity contribution in [3.8, 4) is 27.8 Å². The average molecular weight is 402 g/mol. The molecular weight excluding hydrogens is 383 g/mol. The zero-order valence-corrected chi connectivity index (χ0v) is 15.7. The predicted octanol–water partition coefficient (Wildman–Crippen LogP) is 3.21. The van der Waals surface area contributed by atoms with Crippen molar-refractivity contribution in [1.29, 1.82) is 0 Å². The number of benzene rings is 2. The smallest absolute Gasteiger partial charge is 0.231 e. The molecule has 0 radical (unpaired) electrons. The van der Waals surface area contributed by atoms with Gasteiger partial charge in [-0.2, -0.15) is 0 Å². The summed E-state index contributed by atoms with van der Waals surface area (Å²) < 4.78 is 29.2. The average Bonchev–Trinajstić information content (AvgIpc) is 3.36. The molecule has 0 spiro atoms. The minimum atomic E-state index is -0.666. The Kier molecular flexibility index (Phi) is 5.70. The number of ether oxygens (including phenoxy) is 3. The molecule has 146 valence electrons. The van der Waals surface area contributed by atoms with Crippen molar-refractivity contribution >= 4 is 11.3 Å². The molecule has 0 amide bonds. The molecule has 0 aliphatic carbocycles. The highest BCUT2D eigenvalue weighted by atomic mass is 32.1. The minimum absolute atomic E-state index is 0.157. The van der Waals surface area contributed by atoms with Gasteiger partial charge in [0.1, 0.15) is 29.3 Å². The van der Waals surface area contributed by atoms with Crippen molar-refractivity contribution in [2.45, 2.75) is 12.6 Å². The molecule has 2 heterocycles. The number of hydrogen-bond acceptors (Lipinski definition) is 7. The number of fused-ring (bicyclic) bond motifs is 1. The summed E-state index contributed by atoms with van der Waals surface area (Å²) in [7, 11) is 0. The van der Waals surface area contributed by atoms with E-state index >= 15 is 0 Å². The van der Waals surface area contributed by atoms with Crippen molar-refractivity contribution in [1.82, 2.24) is 10.3 Å². The van der Waals surface area contributed by atoms with Crippen LogP contribution in [0.5, 0.6) is 17.2 Å². The van der Waals surface area contributed by atoms with Gasteiger partial charge in [-0.05, 0) is 36.4 Å². The fraction of sp³-hybridized carbons (Fsp3) is 0.250. The van der Waals surface area contributed by atoms with E-state index in [0.717, 1.165) is 16.3 Å². The molecule has 4 rings (SSSR count). The third kappa shape index (κ3) is 4.59. The molecule has 3 aromatic rings. The third-order valence-corrected chi connectivity index (χ3v) is 5.06. The van der Waals surface area contributed by atoms with Crippen LogP contribution >= 0.6 is 11.3 Å². The monoisotopic (exact) mass is 402 g/mol. The van der Waals surface area contributed by atoms with Crippen LogP contribution in [0.25, 0.3) is 10.6 Å². The quantitative estimate of drug-likeness (QED) is 0.603. The van der Waals surface area contributed by atoms with Crippen molar-refractivity contribution in [3.63, 3.8) is 0 Å². The molecule has 6 nitrogen and oxygen atoms in total. The van der Waals surface area contributed by atoms with Gasteiger partial charge in [-0.1, -0.05) is 0 Å². The molecule has 2 aromatic carbocycles. The minimum Gasteiger partial charge on any atom is -0.491 e. The summed E-state index contributed by atoms with van der Waals surface area (Å²) in [5.41, 5.74) is 1.75. The number of rotatable bonds is 8. The molecule has 1 aromatic heterocycles. The molecule has 1 aliphatic rings. The Morgan fingerprint density at radius 2 is 2.00 bits per heavy atom. The molecule has 1 unspecified atom stereocenters. The van der Waals surface area contributed by atoms with Crippen molar-refractivity contribution < 1.29 is 23.7 Å². The first-order valence-electron chi connectivity index (χ1n) is 8.79. The van der Waals surface area contributed by atoms with Crippen LogP contribution in [0.4, 0.5) is 4.39 Å². The van der Waals surface area contributed by atoms with Crippen LogP contribution in [0.15, 0.2) is 47.8 Å². The predicted molar refractivity (Wildman–Crippen MR) is 103 cm³/mol. The maximum atomic E-state index is 13.0. The summed E-state index contributed by atoms with van der Waals surface area (Å²) >= 11 is 1.50. The fourth-order valence-corrected chi connectivity index (χ4v) is 3.52. The lowest BCUT2D eigenvalue weighted by Gasteiger charge is -2.13. The highest BCUT2D eigenvalue weighted by Crippen LogP contribution is 2.35. The Morgan fingerprint density at radius 1 is 1.18 bits per heavy atom. The molecule has 0 fully saturated rings. The van der Waals surface area contributed by atoms with Crippen molar-refractivity contribution in [2.75, 3.05) is 19.9 Å². The lowest BCUT2D eigenvalue weighted by molar-refractivity contribution is 0.106. The summed E-state index contributed by atoms with van der Waals surface area (Å²) in [6.07, 6.45) is -0.666. The summed E-state index contributed by atoms with van der Waals surface area (Å²) in [4.78, 5) is 4.53. The van der Waals surface area contributed by atoms with E-state index < -0.39 is 6.10 Å². The zero-order chi connectivity index (χ0) is 19.3. The SMILES string of the molecule is OC(CNCc1csc(-c2ccc(F)cc2)n1)COc1ccc2c(c1)OCO2. The number of aliphatic hydroxyl groups is 1. The van der Waals surface area contributed by atoms with Gasteiger partial charge < -0.3 is 24.6 Å². The summed E-state index contributed by atoms with van der Waals surface area (Å²) in [6.45, 7) is 1.27. The molecule has 0 saturated heterocycles. The molecule has 0 bridgehead atoms. The number of aliphatic hydroxyl groups excluding tert-OH is 1. The maximum absolute atomic E-state index is 13.0. The van der Waals surface area contributed by atoms with Gasteiger partial charge >= 0.3 is 0 Å². The third-order valence-electron chi connectivity index (χ3n) is 4.12. The van der Waals surface area contributed by atoms with Crippen molar-refractivity contribution in [2.24, 2.45) is 0 Å². The van der Waals surface area contributed by atoms with Gasteiger partial charge in [-0.15, -0.1) is 11.3 Å². The summed E-state index contributed by atoms with van der Waals surface area (Å²) in [5, 5.41) is 16.0. The van der Waals surface area contributed by atoms with Gasteiger partial charge in [0.05, 0.1) is 5.69 Å². The fourth-order valence-electron chi connectivity index (χ4n) is 2.70. The van der Waals surface area contributed by atoms with Crippen molar-refractivity contribution in [3.05, 3.63) is 59.4 Å². The van der Waals surface area contributed by atoms with Gasteiger partial charge in [0.2, 0.25) is 6.79 Å². The molecule has 1 atom stereocenters. The van der Waals surface area contributed by atoms with E-state index in [1.807, 2.05) is 5.38 Å². The summed E-state index contributed by atoms with van der Waals surface area (Å²) in [5.74, 6) is 1.69. The molecule has 2 N–H and O–H groups in total. The Balaban J connectivity index is 1.21. The highest BCUT2D eigenvalue weighted by Gasteiger charge is 2.14. The van der Waals surface area contributed by atoms with Crippen LogP contribution in [0.2, 0.25) is 0 Å². The lowest BCUT2D eigenvalue weighted by Crippen LogP contribution is -2.31. The van der Waals surface area contributed by atoms with E-state index in [4.69, 9.17) is 14.2 Å². The van der Waals surface area contributed by atoms with Gasteiger partial charge in [-0.25, -0.2) is 9.37 Å². The number of thiazole rings is 1. The van der Waals surface area contributed by atoms with E-state index in [-0.39, 0.29) is 19.2 Å². The Morgan fingerprint density at radius 3 is 2.86 bits per heavy atom. The largest absolute Gasteiger partial charge is 0.491 e. The van der Waals surface area contributed by atoms with Crippen LogP contribution < -0.4 is 19.5 Å². The number of halogens is 1. The van der Waals surface area contributed by atoms with Gasteiger partial charge in [0.25, 0.3) is 0 Å².